The van der Waals surface area contributed by atoms with Crippen molar-refractivity contribution in [2.75, 3.05) is 19.0 Å². The molecule has 0 unspecified atom stereocenters. The molecule has 0 amide bonds. The molecule has 0 aliphatic carbocycles. The van der Waals surface area contributed by atoms with E-state index in [1.165, 1.54) is 6.07 Å². The van der Waals surface area contributed by atoms with Crippen LogP contribution in [0, 0.1) is 5.82 Å². The summed E-state index contributed by atoms with van der Waals surface area (Å²) in [6.07, 6.45) is 1.65. The highest BCUT2D eigenvalue weighted by molar-refractivity contribution is 5.48. The van der Waals surface area contributed by atoms with Crippen LogP contribution in [0.4, 0.5) is 10.1 Å². The third kappa shape index (κ3) is 3.11. The summed E-state index contributed by atoms with van der Waals surface area (Å²) in [5.41, 5.74) is 1.65. The number of anilines is 1. The first-order chi connectivity index (χ1) is 8.66. The quantitative estimate of drug-likeness (QED) is 0.882. The van der Waals surface area contributed by atoms with Crippen molar-refractivity contribution in [3.63, 3.8) is 0 Å². The van der Waals surface area contributed by atoms with Gasteiger partial charge in [-0.25, -0.2) is 4.39 Å². The summed E-state index contributed by atoms with van der Waals surface area (Å²) < 4.78 is 18.7. The highest BCUT2D eigenvalue weighted by Crippen LogP contribution is 2.18. The van der Waals surface area contributed by atoms with Crippen LogP contribution in [0.3, 0.4) is 0 Å². The smallest absolute Gasteiger partial charge is 0.146 e. The van der Waals surface area contributed by atoms with Crippen LogP contribution in [-0.2, 0) is 13.1 Å². The Hall–Kier alpha value is -1.81. The highest BCUT2D eigenvalue weighted by Gasteiger charge is 2.05. The van der Waals surface area contributed by atoms with Gasteiger partial charge >= 0.3 is 0 Å². The van der Waals surface area contributed by atoms with Gasteiger partial charge in [-0.1, -0.05) is 6.07 Å². The summed E-state index contributed by atoms with van der Waals surface area (Å²) in [5.74, 6) is 0.694. The van der Waals surface area contributed by atoms with Crippen molar-refractivity contribution in [1.29, 1.82) is 0 Å². The lowest BCUT2D eigenvalue weighted by Gasteiger charge is -2.15. The third-order valence-corrected chi connectivity index (χ3v) is 2.70. The SMILES string of the molecule is CN(C)c1cc(CNCc2ccco2)ccc1F. The number of furan rings is 1. The molecule has 0 atom stereocenters. The second-order valence-electron chi connectivity index (χ2n) is 4.36. The Morgan fingerprint density at radius 2 is 2.06 bits per heavy atom. The lowest BCUT2D eigenvalue weighted by molar-refractivity contribution is 0.483. The van der Waals surface area contributed by atoms with Crippen LogP contribution in [-0.4, -0.2) is 14.1 Å². The second-order valence-corrected chi connectivity index (χ2v) is 4.36. The standard InChI is InChI=1S/C14H17FN2O/c1-17(2)14-8-11(5-6-13(14)15)9-16-10-12-4-3-7-18-12/h3-8,16H,9-10H2,1-2H3. The molecule has 0 aliphatic rings. The Balaban J connectivity index is 1.95. The van der Waals surface area contributed by atoms with Crippen LogP contribution in [0.2, 0.25) is 0 Å². The fourth-order valence-corrected chi connectivity index (χ4v) is 1.75. The van der Waals surface area contributed by atoms with E-state index in [1.807, 2.05) is 32.3 Å². The van der Waals surface area contributed by atoms with Crippen LogP contribution in [0.15, 0.2) is 41.0 Å². The molecule has 0 aliphatic heterocycles. The third-order valence-electron chi connectivity index (χ3n) is 2.70. The molecular weight excluding hydrogens is 231 g/mol. The molecular formula is C14H17FN2O. The van der Waals surface area contributed by atoms with E-state index in [2.05, 4.69) is 5.32 Å². The Bertz CT molecular complexity index is 495. The van der Waals surface area contributed by atoms with Crippen molar-refractivity contribution in [1.82, 2.24) is 5.32 Å². The fraction of sp³-hybridized carbons (Fsp3) is 0.286. The zero-order valence-corrected chi connectivity index (χ0v) is 10.6. The molecule has 0 saturated carbocycles. The molecule has 3 nitrogen and oxygen atoms in total. The number of benzene rings is 1. The number of hydrogen-bond acceptors (Lipinski definition) is 3. The molecule has 18 heavy (non-hydrogen) atoms. The number of halogens is 1. The summed E-state index contributed by atoms with van der Waals surface area (Å²) in [4.78, 5) is 1.77. The molecule has 1 aromatic carbocycles. The minimum Gasteiger partial charge on any atom is -0.468 e. The van der Waals surface area contributed by atoms with Crippen molar-refractivity contribution in [3.8, 4) is 0 Å². The van der Waals surface area contributed by atoms with Gasteiger partial charge in [0.1, 0.15) is 11.6 Å². The van der Waals surface area contributed by atoms with Gasteiger partial charge in [-0.3, -0.25) is 0 Å². The first-order valence-electron chi connectivity index (χ1n) is 5.85. The normalized spacial score (nSPS) is 10.6. The van der Waals surface area contributed by atoms with E-state index in [4.69, 9.17) is 4.42 Å². The Kier molecular flexibility index (Phi) is 3.99. The lowest BCUT2D eigenvalue weighted by Crippen LogP contribution is -2.14. The average molecular weight is 248 g/mol. The molecule has 1 heterocycles. The van der Waals surface area contributed by atoms with Gasteiger partial charge < -0.3 is 14.6 Å². The van der Waals surface area contributed by atoms with E-state index < -0.39 is 0 Å². The van der Waals surface area contributed by atoms with E-state index in [1.54, 1.807) is 17.2 Å². The van der Waals surface area contributed by atoms with Gasteiger partial charge in [0.05, 0.1) is 18.5 Å². The number of nitrogens with one attached hydrogen (secondary N) is 1. The number of hydrogen-bond donors (Lipinski definition) is 1. The molecule has 2 rings (SSSR count). The van der Waals surface area contributed by atoms with E-state index in [-0.39, 0.29) is 5.82 Å². The summed E-state index contributed by atoms with van der Waals surface area (Å²) in [7, 11) is 3.66. The van der Waals surface area contributed by atoms with Crippen molar-refractivity contribution in [2.24, 2.45) is 0 Å². The summed E-state index contributed by atoms with van der Waals surface area (Å²) in [5, 5.41) is 3.25. The molecule has 2 aromatic rings. The summed E-state index contributed by atoms with van der Waals surface area (Å²) in [6, 6.07) is 8.92. The molecule has 96 valence electrons. The highest BCUT2D eigenvalue weighted by atomic mass is 19.1. The minimum atomic E-state index is -0.199. The molecule has 1 aromatic heterocycles. The summed E-state index contributed by atoms with van der Waals surface area (Å²) >= 11 is 0. The van der Waals surface area contributed by atoms with Gasteiger partial charge in [-0.15, -0.1) is 0 Å². The van der Waals surface area contributed by atoms with Crippen molar-refractivity contribution in [2.45, 2.75) is 13.1 Å². The molecule has 0 bridgehead atoms. The largest absolute Gasteiger partial charge is 0.468 e. The van der Waals surface area contributed by atoms with Crippen molar-refractivity contribution < 1.29 is 8.81 Å². The minimum absolute atomic E-state index is 0.199. The summed E-state index contributed by atoms with van der Waals surface area (Å²) in [6.45, 7) is 1.35. The first-order valence-corrected chi connectivity index (χ1v) is 5.85. The Labute approximate surface area is 106 Å². The molecule has 1 N–H and O–H groups in total. The van der Waals surface area contributed by atoms with Crippen molar-refractivity contribution >= 4 is 5.69 Å². The van der Waals surface area contributed by atoms with Crippen LogP contribution >= 0.6 is 0 Å². The fourth-order valence-electron chi connectivity index (χ4n) is 1.75. The second kappa shape index (κ2) is 5.69. The molecule has 0 radical (unpaired) electrons. The maximum atomic E-state index is 13.5. The van der Waals surface area contributed by atoms with E-state index in [0.29, 0.717) is 18.8 Å². The van der Waals surface area contributed by atoms with E-state index in [9.17, 15) is 4.39 Å². The number of nitrogens with zero attached hydrogens (tertiary/aromatic N) is 1. The topological polar surface area (TPSA) is 28.4 Å². The Morgan fingerprint density at radius 1 is 1.22 bits per heavy atom. The zero-order chi connectivity index (χ0) is 13.0. The van der Waals surface area contributed by atoms with Crippen molar-refractivity contribution in [3.05, 3.63) is 53.7 Å². The van der Waals surface area contributed by atoms with Gasteiger partial charge in [-0.05, 0) is 29.8 Å². The average Bonchev–Trinajstić information content (AvgIpc) is 2.84. The van der Waals surface area contributed by atoms with Gasteiger partial charge in [0, 0.05) is 20.6 Å². The van der Waals surface area contributed by atoms with Gasteiger partial charge in [0.2, 0.25) is 0 Å². The molecule has 4 heteroatoms. The first kappa shape index (κ1) is 12.6. The molecule has 0 fully saturated rings. The Morgan fingerprint density at radius 3 is 2.72 bits per heavy atom. The molecule has 0 saturated heterocycles. The van der Waals surface area contributed by atoms with Gasteiger partial charge in [0.15, 0.2) is 0 Å². The maximum absolute atomic E-state index is 13.5. The van der Waals surface area contributed by atoms with Crippen LogP contribution < -0.4 is 10.2 Å². The maximum Gasteiger partial charge on any atom is 0.146 e. The van der Waals surface area contributed by atoms with E-state index in [0.717, 1.165) is 11.3 Å². The predicted octanol–water partition coefficient (Wildman–Crippen LogP) is 2.77. The lowest BCUT2D eigenvalue weighted by atomic mass is 10.2. The van der Waals surface area contributed by atoms with Crippen LogP contribution in [0.1, 0.15) is 11.3 Å². The predicted molar refractivity (Wildman–Crippen MR) is 70.0 cm³/mol. The monoisotopic (exact) mass is 248 g/mol. The van der Waals surface area contributed by atoms with Crippen LogP contribution in [0.5, 0.6) is 0 Å². The number of rotatable bonds is 5. The van der Waals surface area contributed by atoms with Gasteiger partial charge in [-0.2, -0.15) is 0 Å². The van der Waals surface area contributed by atoms with Gasteiger partial charge in [0.25, 0.3) is 0 Å². The zero-order valence-electron chi connectivity index (χ0n) is 10.6. The molecule has 0 spiro atoms. The van der Waals surface area contributed by atoms with E-state index >= 15 is 0 Å². The van der Waals surface area contributed by atoms with Crippen LogP contribution in [0.25, 0.3) is 0 Å².